The summed E-state index contributed by atoms with van der Waals surface area (Å²) in [5.41, 5.74) is 1.18. The number of aliphatic hydroxyl groups is 1. The molecule has 1 aromatic carbocycles. The van der Waals surface area contributed by atoms with E-state index in [1.54, 1.807) is 13.0 Å². The van der Waals surface area contributed by atoms with Gasteiger partial charge in [-0.05, 0) is 31.9 Å². The normalized spacial score (nSPS) is 12.9. The number of benzene rings is 1. The van der Waals surface area contributed by atoms with Crippen LogP contribution in [0.3, 0.4) is 0 Å². The quantitative estimate of drug-likeness (QED) is 0.850. The van der Waals surface area contributed by atoms with Crippen molar-refractivity contribution in [1.82, 2.24) is 0 Å². The molecule has 0 aliphatic carbocycles. The summed E-state index contributed by atoms with van der Waals surface area (Å²) < 4.78 is 13.7. The van der Waals surface area contributed by atoms with E-state index in [0.717, 1.165) is 18.5 Å². The van der Waals surface area contributed by atoms with E-state index in [2.05, 4.69) is 18.7 Å². The third-order valence-corrected chi connectivity index (χ3v) is 3.32. The first kappa shape index (κ1) is 14.0. The Balaban J connectivity index is 3.16. The molecule has 0 saturated carbocycles. The second-order valence-electron chi connectivity index (χ2n) is 4.43. The molecular formula is C14H22FNO. The number of hydrogen-bond acceptors (Lipinski definition) is 2. The highest BCUT2D eigenvalue weighted by Crippen LogP contribution is 2.30. The van der Waals surface area contributed by atoms with Gasteiger partial charge in [0.1, 0.15) is 5.82 Å². The average Bonchev–Trinajstić information content (AvgIpc) is 2.29. The van der Waals surface area contributed by atoms with E-state index in [1.807, 2.05) is 13.1 Å². The van der Waals surface area contributed by atoms with E-state index in [-0.39, 0.29) is 5.82 Å². The zero-order valence-electron chi connectivity index (χ0n) is 11.1. The molecule has 0 amide bonds. The number of nitrogens with zero attached hydrogens (tertiary/aromatic N) is 1. The van der Waals surface area contributed by atoms with Gasteiger partial charge in [0.25, 0.3) is 0 Å². The molecule has 0 bridgehead atoms. The van der Waals surface area contributed by atoms with Crippen LogP contribution in [0, 0.1) is 5.82 Å². The molecule has 0 aliphatic rings. The fourth-order valence-electron chi connectivity index (χ4n) is 2.28. The first-order valence-electron chi connectivity index (χ1n) is 6.22. The molecule has 96 valence electrons. The fourth-order valence-corrected chi connectivity index (χ4v) is 2.28. The molecule has 0 aliphatic heterocycles. The van der Waals surface area contributed by atoms with Gasteiger partial charge in [-0.1, -0.05) is 19.9 Å². The molecule has 0 saturated heterocycles. The lowest BCUT2D eigenvalue weighted by atomic mass is 10.0. The molecule has 1 unspecified atom stereocenters. The maximum Gasteiger partial charge on any atom is 0.131 e. The number of hydrogen-bond donors (Lipinski definition) is 1. The lowest BCUT2D eigenvalue weighted by molar-refractivity contribution is 0.194. The van der Waals surface area contributed by atoms with E-state index in [1.165, 1.54) is 6.07 Å². The Hall–Kier alpha value is -1.09. The van der Waals surface area contributed by atoms with Gasteiger partial charge in [-0.25, -0.2) is 4.39 Å². The number of anilines is 1. The van der Waals surface area contributed by atoms with Crippen LogP contribution in [0.1, 0.15) is 45.3 Å². The first-order chi connectivity index (χ1) is 8.02. The molecule has 0 aromatic heterocycles. The summed E-state index contributed by atoms with van der Waals surface area (Å²) in [4.78, 5) is 2.06. The van der Waals surface area contributed by atoms with Gasteiger partial charge in [-0.3, -0.25) is 0 Å². The zero-order chi connectivity index (χ0) is 13.0. The minimum atomic E-state index is -0.789. The summed E-state index contributed by atoms with van der Waals surface area (Å²) in [6.45, 7) is 5.83. The fraction of sp³-hybridized carbons (Fsp3) is 0.571. The van der Waals surface area contributed by atoms with Gasteiger partial charge in [-0.15, -0.1) is 0 Å². The van der Waals surface area contributed by atoms with Crippen molar-refractivity contribution in [2.75, 3.05) is 11.9 Å². The van der Waals surface area contributed by atoms with Gasteiger partial charge in [0, 0.05) is 24.3 Å². The third kappa shape index (κ3) is 2.97. The summed E-state index contributed by atoms with van der Waals surface area (Å²) >= 11 is 0. The van der Waals surface area contributed by atoms with E-state index in [0.29, 0.717) is 11.6 Å². The van der Waals surface area contributed by atoms with Crippen molar-refractivity contribution >= 4 is 5.69 Å². The van der Waals surface area contributed by atoms with Crippen molar-refractivity contribution in [3.05, 3.63) is 29.6 Å². The Morgan fingerprint density at radius 1 is 1.29 bits per heavy atom. The van der Waals surface area contributed by atoms with Crippen LogP contribution in [0.15, 0.2) is 18.2 Å². The van der Waals surface area contributed by atoms with Crippen molar-refractivity contribution in [2.45, 2.75) is 45.8 Å². The largest absolute Gasteiger partial charge is 0.389 e. The molecule has 1 rings (SSSR count). The van der Waals surface area contributed by atoms with Crippen molar-refractivity contribution in [2.24, 2.45) is 0 Å². The van der Waals surface area contributed by atoms with Gasteiger partial charge in [-0.2, -0.15) is 0 Å². The minimum Gasteiger partial charge on any atom is -0.389 e. The number of aliphatic hydroxyl groups excluding tert-OH is 1. The standard InChI is InChI=1S/C14H22FNO/c1-5-11(6-2)16(4)13-9-7-8-12(15)14(13)10(3)17/h7-11,17H,5-6H2,1-4H3. The van der Waals surface area contributed by atoms with E-state index in [4.69, 9.17) is 0 Å². The highest BCUT2D eigenvalue weighted by molar-refractivity contribution is 5.55. The van der Waals surface area contributed by atoms with Crippen LogP contribution in [-0.2, 0) is 0 Å². The van der Waals surface area contributed by atoms with Crippen LogP contribution in [0.2, 0.25) is 0 Å². The first-order valence-corrected chi connectivity index (χ1v) is 6.22. The van der Waals surface area contributed by atoms with Crippen molar-refractivity contribution in [3.63, 3.8) is 0 Å². The van der Waals surface area contributed by atoms with Crippen LogP contribution >= 0.6 is 0 Å². The topological polar surface area (TPSA) is 23.5 Å². The van der Waals surface area contributed by atoms with Crippen LogP contribution in [0.25, 0.3) is 0 Å². The van der Waals surface area contributed by atoms with Crippen LogP contribution < -0.4 is 4.90 Å². The summed E-state index contributed by atoms with van der Waals surface area (Å²) in [6.07, 6.45) is 1.22. The highest BCUT2D eigenvalue weighted by atomic mass is 19.1. The number of halogens is 1. The third-order valence-electron chi connectivity index (χ3n) is 3.32. The lowest BCUT2D eigenvalue weighted by Crippen LogP contribution is -2.31. The predicted octanol–water partition coefficient (Wildman–Crippen LogP) is 3.50. The molecule has 0 fully saturated rings. The molecule has 17 heavy (non-hydrogen) atoms. The van der Waals surface area contributed by atoms with Gasteiger partial charge in [0.15, 0.2) is 0 Å². The second kappa shape index (κ2) is 6.01. The lowest BCUT2D eigenvalue weighted by Gasteiger charge is -2.31. The molecule has 1 aromatic rings. The Bertz CT molecular complexity index is 361. The molecular weight excluding hydrogens is 217 g/mol. The molecule has 1 atom stereocenters. The van der Waals surface area contributed by atoms with E-state index < -0.39 is 6.10 Å². The summed E-state index contributed by atoms with van der Waals surface area (Å²) in [5, 5.41) is 9.69. The second-order valence-corrected chi connectivity index (χ2v) is 4.43. The van der Waals surface area contributed by atoms with Crippen LogP contribution in [-0.4, -0.2) is 18.2 Å². The van der Waals surface area contributed by atoms with Gasteiger partial charge >= 0.3 is 0 Å². The number of rotatable bonds is 5. The predicted molar refractivity (Wildman–Crippen MR) is 69.8 cm³/mol. The average molecular weight is 239 g/mol. The Morgan fingerprint density at radius 2 is 1.88 bits per heavy atom. The minimum absolute atomic E-state index is 0.338. The SMILES string of the molecule is CCC(CC)N(C)c1cccc(F)c1C(C)O. The van der Waals surface area contributed by atoms with E-state index >= 15 is 0 Å². The van der Waals surface area contributed by atoms with Crippen molar-refractivity contribution < 1.29 is 9.50 Å². The van der Waals surface area contributed by atoms with Crippen molar-refractivity contribution in [1.29, 1.82) is 0 Å². The molecule has 0 radical (unpaired) electrons. The molecule has 1 N–H and O–H groups in total. The summed E-state index contributed by atoms with van der Waals surface area (Å²) in [5.74, 6) is -0.338. The van der Waals surface area contributed by atoms with Crippen LogP contribution in [0.4, 0.5) is 10.1 Å². The summed E-state index contributed by atoms with van der Waals surface area (Å²) in [7, 11) is 1.96. The van der Waals surface area contributed by atoms with Crippen LogP contribution in [0.5, 0.6) is 0 Å². The smallest absolute Gasteiger partial charge is 0.131 e. The molecule has 2 nitrogen and oxygen atoms in total. The van der Waals surface area contributed by atoms with Crippen molar-refractivity contribution in [3.8, 4) is 0 Å². The van der Waals surface area contributed by atoms with Gasteiger partial charge < -0.3 is 10.0 Å². The molecule has 0 heterocycles. The summed E-state index contributed by atoms with van der Waals surface area (Å²) in [6, 6.07) is 5.32. The maximum atomic E-state index is 13.7. The Kier molecular flexibility index (Phi) is 4.94. The Morgan fingerprint density at radius 3 is 2.35 bits per heavy atom. The van der Waals surface area contributed by atoms with E-state index in [9.17, 15) is 9.50 Å². The Labute approximate surface area is 103 Å². The zero-order valence-corrected chi connectivity index (χ0v) is 11.1. The van der Waals surface area contributed by atoms with Gasteiger partial charge in [0.05, 0.1) is 6.10 Å². The molecule has 0 spiro atoms. The monoisotopic (exact) mass is 239 g/mol. The molecule has 3 heteroatoms. The highest BCUT2D eigenvalue weighted by Gasteiger charge is 2.19. The van der Waals surface area contributed by atoms with Gasteiger partial charge in [0.2, 0.25) is 0 Å². The maximum absolute atomic E-state index is 13.7.